The number of halogens is 2. The van der Waals surface area contributed by atoms with Gasteiger partial charge in [0.05, 0.1) is 18.0 Å². The molecule has 98 valence electrons. The van der Waals surface area contributed by atoms with Gasteiger partial charge in [0.1, 0.15) is 0 Å². The van der Waals surface area contributed by atoms with Crippen molar-refractivity contribution < 1.29 is 14.5 Å². The molecule has 1 rings (SSSR count). The zero-order valence-corrected chi connectivity index (χ0v) is 12.8. The third-order valence-corrected chi connectivity index (χ3v) is 3.57. The Bertz CT molecular complexity index is 476. The predicted octanol–water partition coefficient (Wildman–Crippen LogP) is 3.36. The molecule has 0 saturated heterocycles. The number of carbonyl (C=O) groups is 1. The molecule has 0 aromatic heterocycles. The molecule has 5 nitrogen and oxygen atoms in total. The molecule has 0 amide bonds. The Labute approximate surface area is 121 Å². The highest BCUT2D eigenvalue weighted by Crippen LogP contribution is 2.29. The Kier molecular flexibility index (Phi) is 5.74. The van der Waals surface area contributed by atoms with Crippen LogP contribution in [0.4, 0.5) is 5.69 Å². The van der Waals surface area contributed by atoms with Crippen molar-refractivity contribution in [2.75, 3.05) is 6.61 Å². The molecule has 1 aromatic carbocycles. The predicted molar refractivity (Wildman–Crippen MR) is 73.8 cm³/mol. The minimum absolute atomic E-state index is 0.0198. The fourth-order valence-corrected chi connectivity index (χ4v) is 2.36. The second kappa shape index (κ2) is 6.84. The van der Waals surface area contributed by atoms with Gasteiger partial charge in [0.15, 0.2) is 0 Å². The van der Waals surface area contributed by atoms with Crippen molar-refractivity contribution in [3.05, 3.63) is 37.8 Å². The Morgan fingerprint density at radius 3 is 2.61 bits per heavy atom. The highest BCUT2D eigenvalue weighted by molar-refractivity contribution is 9.10. The van der Waals surface area contributed by atoms with Gasteiger partial charge in [-0.15, -0.1) is 0 Å². The van der Waals surface area contributed by atoms with E-state index in [1.807, 2.05) is 0 Å². The summed E-state index contributed by atoms with van der Waals surface area (Å²) in [5.74, 6) is -0.354. The number of hydrogen-bond donors (Lipinski definition) is 0. The van der Waals surface area contributed by atoms with E-state index in [2.05, 4.69) is 31.9 Å². The largest absolute Gasteiger partial charge is 0.466 e. The van der Waals surface area contributed by atoms with Gasteiger partial charge < -0.3 is 4.74 Å². The topological polar surface area (TPSA) is 69.4 Å². The van der Waals surface area contributed by atoms with E-state index < -0.39 is 4.92 Å². The van der Waals surface area contributed by atoms with Crippen molar-refractivity contribution in [1.82, 2.24) is 0 Å². The van der Waals surface area contributed by atoms with Gasteiger partial charge in [-0.25, -0.2) is 0 Å². The summed E-state index contributed by atoms with van der Waals surface area (Å²) in [7, 11) is 0. The van der Waals surface area contributed by atoms with Gasteiger partial charge >= 0.3 is 5.97 Å². The molecule has 0 N–H and O–H groups in total. The standard InChI is InChI=1S/C11H11Br2NO4/c1-2-18-11(15)4-7-3-8(6-12)10(14(16)17)5-9(7)13/h3,5H,2,4,6H2,1H3. The fraction of sp³-hybridized carbons (Fsp3) is 0.364. The molecular weight excluding hydrogens is 370 g/mol. The maximum absolute atomic E-state index is 11.4. The Morgan fingerprint density at radius 1 is 1.44 bits per heavy atom. The number of benzene rings is 1. The highest BCUT2D eigenvalue weighted by Gasteiger charge is 2.18. The maximum Gasteiger partial charge on any atom is 0.310 e. The lowest BCUT2D eigenvalue weighted by molar-refractivity contribution is -0.385. The molecular formula is C11H11Br2NO4. The van der Waals surface area contributed by atoms with E-state index in [4.69, 9.17) is 4.74 Å². The summed E-state index contributed by atoms with van der Waals surface area (Å²) in [5.41, 5.74) is 1.22. The number of ether oxygens (including phenoxy) is 1. The minimum Gasteiger partial charge on any atom is -0.466 e. The van der Waals surface area contributed by atoms with Crippen LogP contribution in [0.5, 0.6) is 0 Å². The molecule has 0 aliphatic heterocycles. The number of carbonyl (C=O) groups excluding carboxylic acids is 1. The number of nitro groups is 1. The monoisotopic (exact) mass is 379 g/mol. The van der Waals surface area contributed by atoms with Gasteiger partial charge in [0.2, 0.25) is 0 Å². The van der Waals surface area contributed by atoms with Gasteiger partial charge in [0.25, 0.3) is 5.69 Å². The van der Waals surface area contributed by atoms with Crippen molar-refractivity contribution >= 4 is 43.5 Å². The van der Waals surface area contributed by atoms with Gasteiger partial charge in [0, 0.05) is 21.4 Å². The molecule has 0 atom stereocenters. The zero-order chi connectivity index (χ0) is 13.7. The first kappa shape index (κ1) is 15.1. The second-order valence-electron chi connectivity index (χ2n) is 3.44. The SMILES string of the molecule is CCOC(=O)Cc1cc(CBr)c([N+](=O)[O-])cc1Br. The van der Waals surface area contributed by atoms with E-state index in [-0.39, 0.29) is 18.1 Å². The zero-order valence-electron chi connectivity index (χ0n) is 9.61. The molecule has 1 aromatic rings. The van der Waals surface area contributed by atoms with E-state index in [9.17, 15) is 14.9 Å². The van der Waals surface area contributed by atoms with E-state index >= 15 is 0 Å². The molecule has 0 heterocycles. The van der Waals surface area contributed by atoms with Crippen LogP contribution in [0.2, 0.25) is 0 Å². The van der Waals surface area contributed by atoms with Gasteiger partial charge in [-0.05, 0) is 18.6 Å². The van der Waals surface area contributed by atoms with Crippen molar-refractivity contribution in [1.29, 1.82) is 0 Å². The van der Waals surface area contributed by atoms with Crippen molar-refractivity contribution in [3.8, 4) is 0 Å². The quantitative estimate of drug-likeness (QED) is 0.340. The summed E-state index contributed by atoms with van der Waals surface area (Å²) in [6, 6.07) is 3.04. The van der Waals surface area contributed by atoms with Gasteiger partial charge in [-0.1, -0.05) is 31.9 Å². The normalized spacial score (nSPS) is 10.2. The van der Waals surface area contributed by atoms with Crippen molar-refractivity contribution in [2.45, 2.75) is 18.7 Å². The summed E-state index contributed by atoms with van der Waals surface area (Å²) in [6.45, 7) is 2.04. The summed E-state index contributed by atoms with van der Waals surface area (Å²) < 4.78 is 5.38. The maximum atomic E-state index is 11.4. The first-order chi connectivity index (χ1) is 8.49. The van der Waals surface area contributed by atoms with Crippen LogP contribution in [0.25, 0.3) is 0 Å². The summed E-state index contributed by atoms with van der Waals surface area (Å²) in [4.78, 5) is 21.8. The van der Waals surface area contributed by atoms with E-state index in [0.717, 1.165) is 0 Å². The van der Waals surface area contributed by atoms with Crippen LogP contribution in [0, 0.1) is 10.1 Å². The fourth-order valence-electron chi connectivity index (χ4n) is 1.44. The number of esters is 1. The average molecular weight is 381 g/mol. The first-order valence-corrected chi connectivity index (χ1v) is 7.08. The molecule has 0 aliphatic carbocycles. The third-order valence-electron chi connectivity index (χ3n) is 2.23. The lowest BCUT2D eigenvalue weighted by atomic mass is 10.1. The summed E-state index contributed by atoms with van der Waals surface area (Å²) in [5, 5.41) is 11.2. The van der Waals surface area contributed by atoms with E-state index in [1.165, 1.54) is 6.07 Å². The molecule has 7 heteroatoms. The molecule has 0 fully saturated rings. The van der Waals surface area contributed by atoms with Crippen LogP contribution >= 0.6 is 31.9 Å². The Hall–Kier alpha value is -0.950. The van der Waals surface area contributed by atoms with Gasteiger partial charge in [-0.2, -0.15) is 0 Å². The Balaban J connectivity index is 3.07. The number of rotatable bonds is 5. The lowest BCUT2D eigenvalue weighted by Crippen LogP contribution is -2.08. The number of alkyl halides is 1. The van der Waals surface area contributed by atoms with Crippen LogP contribution < -0.4 is 0 Å². The van der Waals surface area contributed by atoms with Crippen molar-refractivity contribution in [2.24, 2.45) is 0 Å². The highest BCUT2D eigenvalue weighted by atomic mass is 79.9. The van der Waals surface area contributed by atoms with Crippen LogP contribution in [-0.4, -0.2) is 17.5 Å². The smallest absolute Gasteiger partial charge is 0.310 e. The number of hydrogen-bond acceptors (Lipinski definition) is 4. The molecule has 0 saturated carbocycles. The second-order valence-corrected chi connectivity index (χ2v) is 4.86. The average Bonchev–Trinajstić information content (AvgIpc) is 2.31. The molecule has 0 radical (unpaired) electrons. The van der Waals surface area contributed by atoms with Crippen LogP contribution in [-0.2, 0) is 21.3 Å². The summed E-state index contributed by atoms with van der Waals surface area (Å²) in [6.07, 6.45) is 0.0897. The molecule has 0 unspecified atom stereocenters. The number of nitro benzene ring substituents is 1. The molecule has 0 spiro atoms. The van der Waals surface area contributed by atoms with Crippen LogP contribution in [0.3, 0.4) is 0 Å². The van der Waals surface area contributed by atoms with Crippen LogP contribution in [0.15, 0.2) is 16.6 Å². The number of nitrogens with zero attached hydrogens (tertiary/aromatic N) is 1. The van der Waals surface area contributed by atoms with E-state index in [1.54, 1.807) is 13.0 Å². The summed E-state index contributed by atoms with van der Waals surface area (Å²) >= 11 is 6.43. The van der Waals surface area contributed by atoms with Crippen molar-refractivity contribution in [3.63, 3.8) is 0 Å². The van der Waals surface area contributed by atoms with E-state index in [0.29, 0.717) is 27.5 Å². The molecule has 0 aliphatic rings. The molecule has 18 heavy (non-hydrogen) atoms. The third kappa shape index (κ3) is 3.78. The minimum atomic E-state index is -0.449. The Morgan fingerprint density at radius 2 is 2.11 bits per heavy atom. The van der Waals surface area contributed by atoms with Crippen LogP contribution in [0.1, 0.15) is 18.1 Å². The first-order valence-electron chi connectivity index (χ1n) is 5.16. The lowest BCUT2D eigenvalue weighted by Gasteiger charge is -2.07. The molecule has 0 bridgehead atoms. The van der Waals surface area contributed by atoms with Gasteiger partial charge in [-0.3, -0.25) is 14.9 Å².